The van der Waals surface area contributed by atoms with Gasteiger partial charge in [-0.1, -0.05) is 12.1 Å². The third-order valence-electron chi connectivity index (χ3n) is 2.71. The lowest BCUT2D eigenvalue weighted by molar-refractivity contribution is 0.0229. The summed E-state index contributed by atoms with van der Waals surface area (Å²) in [4.78, 5) is 0. The molecule has 1 atom stereocenters. The molecule has 1 aliphatic heterocycles. The van der Waals surface area contributed by atoms with Crippen molar-refractivity contribution < 1.29 is 14.2 Å². The topological polar surface area (TPSA) is 29.5 Å². The summed E-state index contributed by atoms with van der Waals surface area (Å²) in [5.41, 5.74) is 0.212. The Bertz CT molecular complexity index is 343. The molecule has 3 heteroatoms. The molecule has 2 rings (SSSR count). The summed E-state index contributed by atoms with van der Waals surface area (Å²) in [6.07, 6.45) is 0.537. The second-order valence-electron chi connectivity index (χ2n) is 3.80. The quantitative estimate of drug-likeness (QED) is 0.741. The van der Waals surface area contributed by atoms with Crippen LogP contribution in [0.5, 0.6) is 0 Å². The van der Waals surface area contributed by atoms with Crippen LogP contribution in [0, 0.1) is 12.7 Å². The zero-order valence-corrected chi connectivity index (χ0v) is 8.09. The molecular weight excluding hydrogens is 183 g/mol. The summed E-state index contributed by atoms with van der Waals surface area (Å²) in [5, 5.41) is 10.1. The van der Waals surface area contributed by atoms with Gasteiger partial charge in [-0.15, -0.1) is 0 Å². The van der Waals surface area contributed by atoms with Gasteiger partial charge in [0.2, 0.25) is 0 Å². The molecule has 2 nitrogen and oxygen atoms in total. The van der Waals surface area contributed by atoms with Crippen molar-refractivity contribution in [2.45, 2.75) is 18.9 Å². The summed E-state index contributed by atoms with van der Waals surface area (Å²) < 4.78 is 18.4. The van der Waals surface area contributed by atoms with Crippen molar-refractivity contribution in [3.8, 4) is 0 Å². The standard InChI is InChI=1S/C11H13FO2/c1-8-2-3-9(6-10(8)12)11(13)4-5-14-7-11/h2-3,6,13H,4-5,7H2,1H3. The number of hydrogen-bond donors (Lipinski definition) is 1. The minimum absolute atomic E-state index is 0.259. The molecule has 0 aromatic heterocycles. The van der Waals surface area contributed by atoms with Gasteiger partial charge in [0.1, 0.15) is 11.4 Å². The third-order valence-corrected chi connectivity index (χ3v) is 2.71. The van der Waals surface area contributed by atoms with E-state index in [-0.39, 0.29) is 12.4 Å². The Morgan fingerprint density at radius 2 is 2.29 bits per heavy atom. The normalized spacial score (nSPS) is 26.8. The van der Waals surface area contributed by atoms with Gasteiger partial charge in [0.25, 0.3) is 0 Å². The second kappa shape index (κ2) is 3.33. The van der Waals surface area contributed by atoms with Gasteiger partial charge in [-0.2, -0.15) is 0 Å². The number of rotatable bonds is 1. The fourth-order valence-electron chi connectivity index (χ4n) is 1.66. The molecule has 0 aliphatic carbocycles. The first-order valence-electron chi connectivity index (χ1n) is 4.69. The maximum Gasteiger partial charge on any atom is 0.126 e. The van der Waals surface area contributed by atoms with Gasteiger partial charge >= 0.3 is 0 Å². The van der Waals surface area contributed by atoms with Gasteiger partial charge in [0.15, 0.2) is 0 Å². The summed E-state index contributed by atoms with van der Waals surface area (Å²) >= 11 is 0. The van der Waals surface area contributed by atoms with Gasteiger partial charge < -0.3 is 9.84 Å². The second-order valence-corrected chi connectivity index (χ2v) is 3.80. The van der Waals surface area contributed by atoms with Gasteiger partial charge in [0.05, 0.1) is 6.61 Å². The van der Waals surface area contributed by atoms with Crippen molar-refractivity contribution in [1.82, 2.24) is 0 Å². The number of benzene rings is 1. The fraction of sp³-hybridized carbons (Fsp3) is 0.455. The molecule has 1 N–H and O–H groups in total. The third kappa shape index (κ3) is 1.53. The van der Waals surface area contributed by atoms with Crippen molar-refractivity contribution in [2.24, 2.45) is 0 Å². The Hall–Kier alpha value is -0.930. The molecule has 14 heavy (non-hydrogen) atoms. The van der Waals surface area contributed by atoms with Gasteiger partial charge in [-0.25, -0.2) is 4.39 Å². The van der Waals surface area contributed by atoms with Crippen molar-refractivity contribution >= 4 is 0 Å². The van der Waals surface area contributed by atoms with Gasteiger partial charge in [-0.05, 0) is 24.1 Å². The average Bonchev–Trinajstić information content (AvgIpc) is 2.58. The van der Waals surface area contributed by atoms with E-state index in [2.05, 4.69) is 0 Å². The molecule has 0 bridgehead atoms. The Balaban J connectivity index is 2.36. The first-order valence-corrected chi connectivity index (χ1v) is 4.69. The number of hydrogen-bond acceptors (Lipinski definition) is 2. The highest BCUT2D eigenvalue weighted by atomic mass is 19.1. The van der Waals surface area contributed by atoms with E-state index in [9.17, 15) is 9.50 Å². The number of aryl methyl sites for hydroxylation is 1. The minimum atomic E-state index is -0.992. The largest absolute Gasteiger partial charge is 0.383 e. The van der Waals surface area contributed by atoms with Crippen molar-refractivity contribution in [1.29, 1.82) is 0 Å². The predicted octanol–water partition coefficient (Wildman–Crippen LogP) is 1.74. The van der Waals surface area contributed by atoms with E-state index in [1.54, 1.807) is 19.1 Å². The molecule has 0 radical (unpaired) electrons. The SMILES string of the molecule is Cc1ccc(C2(O)CCOC2)cc1F. The lowest BCUT2D eigenvalue weighted by Crippen LogP contribution is -2.25. The Labute approximate surface area is 82.3 Å². The predicted molar refractivity (Wildman–Crippen MR) is 50.5 cm³/mol. The first kappa shape index (κ1) is 9.62. The number of ether oxygens (including phenoxy) is 1. The molecule has 0 spiro atoms. The number of halogens is 1. The maximum absolute atomic E-state index is 13.3. The molecule has 0 amide bonds. The van der Waals surface area contributed by atoms with E-state index < -0.39 is 5.60 Å². The van der Waals surface area contributed by atoms with Crippen LogP contribution in [-0.4, -0.2) is 18.3 Å². The molecule has 0 saturated carbocycles. The van der Waals surface area contributed by atoms with Crippen LogP contribution in [-0.2, 0) is 10.3 Å². The molecule has 1 aromatic rings. The van der Waals surface area contributed by atoms with E-state index in [0.29, 0.717) is 24.2 Å². The van der Waals surface area contributed by atoms with Crippen molar-refractivity contribution in [3.05, 3.63) is 35.1 Å². The molecule has 1 aromatic carbocycles. The smallest absolute Gasteiger partial charge is 0.126 e. The fourth-order valence-corrected chi connectivity index (χ4v) is 1.66. The van der Waals surface area contributed by atoms with E-state index in [0.717, 1.165) is 0 Å². The Morgan fingerprint density at radius 3 is 2.86 bits per heavy atom. The van der Waals surface area contributed by atoms with Crippen molar-refractivity contribution in [3.63, 3.8) is 0 Å². The lowest BCUT2D eigenvalue weighted by Gasteiger charge is -2.21. The van der Waals surface area contributed by atoms with Crippen LogP contribution in [0.1, 0.15) is 17.5 Å². The molecule has 1 unspecified atom stereocenters. The maximum atomic E-state index is 13.3. The van der Waals surface area contributed by atoms with Crippen LogP contribution in [0.25, 0.3) is 0 Å². The summed E-state index contributed by atoms with van der Waals surface area (Å²) in [7, 11) is 0. The highest BCUT2D eigenvalue weighted by Crippen LogP contribution is 2.30. The Morgan fingerprint density at radius 1 is 1.50 bits per heavy atom. The molecular formula is C11H13FO2. The van der Waals surface area contributed by atoms with Gasteiger partial charge in [-0.3, -0.25) is 0 Å². The van der Waals surface area contributed by atoms with Crippen molar-refractivity contribution in [2.75, 3.05) is 13.2 Å². The monoisotopic (exact) mass is 196 g/mol. The average molecular weight is 196 g/mol. The van der Waals surface area contributed by atoms with Crippen LogP contribution >= 0.6 is 0 Å². The molecule has 1 heterocycles. The lowest BCUT2D eigenvalue weighted by atomic mass is 9.92. The summed E-state index contributed by atoms with van der Waals surface area (Å²) in [6.45, 7) is 2.50. The summed E-state index contributed by atoms with van der Waals surface area (Å²) in [6, 6.07) is 4.83. The minimum Gasteiger partial charge on any atom is -0.383 e. The van der Waals surface area contributed by atoms with Crippen LogP contribution in [0.3, 0.4) is 0 Å². The Kier molecular flexibility index (Phi) is 2.29. The highest BCUT2D eigenvalue weighted by molar-refractivity contribution is 5.28. The zero-order chi connectivity index (χ0) is 10.2. The molecule has 1 saturated heterocycles. The highest BCUT2D eigenvalue weighted by Gasteiger charge is 2.34. The molecule has 1 fully saturated rings. The molecule has 76 valence electrons. The zero-order valence-electron chi connectivity index (χ0n) is 8.09. The van der Waals surface area contributed by atoms with E-state index in [1.165, 1.54) is 6.07 Å². The number of aliphatic hydroxyl groups is 1. The van der Waals surface area contributed by atoms with Gasteiger partial charge in [0, 0.05) is 13.0 Å². The van der Waals surface area contributed by atoms with E-state index in [4.69, 9.17) is 4.74 Å². The van der Waals surface area contributed by atoms with Crippen LogP contribution in [0.15, 0.2) is 18.2 Å². The summed E-state index contributed by atoms with van der Waals surface area (Å²) in [5.74, 6) is -0.275. The molecule has 1 aliphatic rings. The van der Waals surface area contributed by atoms with Crippen LogP contribution in [0.4, 0.5) is 4.39 Å². The van der Waals surface area contributed by atoms with Crippen LogP contribution in [0.2, 0.25) is 0 Å². The van der Waals surface area contributed by atoms with Crippen LogP contribution < -0.4 is 0 Å². The first-order chi connectivity index (χ1) is 6.62. The van der Waals surface area contributed by atoms with E-state index >= 15 is 0 Å². The van der Waals surface area contributed by atoms with E-state index in [1.807, 2.05) is 0 Å².